The van der Waals surface area contributed by atoms with Gasteiger partial charge in [-0.15, -0.1) is 0 Å². The van der Waals surface area contributed by atoms with Gasteiger partial charge in [-0.3, -0.25) is 0 Å². The normalized spacial score (nSPS) is 18.6. The first-order chi connectivity index (χ1) is 8.25. The zero-order valence-corrected chi connectivity index (χ0v) is 10.6. The minimum atomic E-state index is -0.414. The predicted molar refractivity (Wildman–Crippen MR) is 66.3 cm³/mol. The van der Waals surface area contributed by atoms with Gasteiger partial charge < -0.3 is 9.88 Å². The largest absolute Gasteiger partial charge is 0.332 e. The first-order valence-electron chi connectivity index (χ1n) is 6.36. The Kier molecular flexibility index (Phi) is 3.49. The summed E-state index contributed by atoms with van der Waals surface area (Å²) in [6.45, 7) is 2.86. The lowest BCUT2D eigenvalue weighted by Crippen LogP contribution is -2.47. The molecule has 0 radical (unpaired) electrons. The number of hydrogen-bond donors (Lipinski definition) is 1. The summed E-state index contributed by atoms with van der Waals surface area (Å²) in [5, 5.41) is 12.7. The number of aryl methyl sites for hydroxylation is 1. The van der Waals surface area contributed by atoms with Crippen LogP contribution in [0.5, 0.6) is 0 Å². The molecule has 1 aromatic rings. The van der Waals surface area contributed by atoms with Crippen LogP contribution in [0.15, 0.2) is 12.4 Å². The third-order valence-corrected chi connectivity index (χ3v) is 3.61. The molecule has 1 N–H and O–H groups in total. The van der Waals surface area contributed by atoms with Gasteiger partial charge in [0, 0.05) is 18.8 Å². The summed E-state index contributed by atoms with van der Waals surface area (Å²) in [5.74, 6) is 1.58. The number of imidazole rings is 1. The number of likely N-dealkylation sites (N-methyl/N-ethyl adjacent to an activating group) is 1. The highest BCUT2D eigenvalue weighted by molar-refractivity contribution is 5.15. The summed E-state index contributed by atoms with van der Waals surface area (Å²) < 4.78 is 2.13. The second kappa shape index (κ2) is 4.89. The maximum atomic E-state index is 9.46. The molecule has 1 fully saturated rings. The Morgan fingerprint density at radius 2 is 2.41 bits per heavy atom. The molecule has 0 amide bonds. The van der Waals surface area contributed by atoms with Crippen molar-refractivity contribution in [1.29, 1.82) is 5.26 Å². The molecule has 1 saturated carbocycles. The number of nitrogens with one attached hydrogen (secondary N) is 1. The van der Waals surface area contributed by atoms with Crippen LogP contribution in [0.1, 0.15) is 32.0 Å². The standard InChI is InChI=1S/C13H20N4/c1-3-4-12-16-7-8-17(12)10-13(9-14,15-2)11-5-6-11/h7-8,11,15H,3-6,10H2,1-2H3. The van der Waals surface area contributed by atoms with Crippen LogP contribution in [0, 0.1) is 17.2 Å². The SMILES string of the molecule is CCCc1nccn1CC(C#N)(NC)C1CC1. The minimum Gasteiger partial charge on any atom is -0.332 e. The van der Waals surface area contributed by atoms with Crippen LogP contribution in [-0.2, 0) is 13.0 Å². The molecule has 0 bridgehead atoms. The summed E-state index contributed by atoms with van der Waals surface area (Å²) in [4.78, 5) is 4.36. The molecule has 0 aliphatic heterocycles. The summed E-state index contributed by atoms with van der Waals surface area (Å²) in [6.07, 6.45) is 8.19. The first-order valence-corrected chi connectivity index (χ1v) is 6.36. The molecule has 1 aliphatic carbocycles. The van der Waals surface area contributed by atoms with E-state index in [0.29, 0.717) is 12.5 Å². The van der Waals surface area contributed by atoms with Crippen molar-refractivity contribution in [2.75, 3.05) is 7.05 Å². The smallest absolute Gasteiger partial charge is 0.127 e. The maximum Gasteiger partial charge on any atom is 0.127 e. The van der Waals surface area contributed by atoms with Crippen molar-refractivity contribution in [3.05, 3.63) is 18.2 Å². The molecule has 4 heteroatoms. The van der Waals surface area contributed by atoms with E-state index in [9.17, 15) is 5.26 Å². The summed E-state index contributed by atoms with van der Waals surface area (Å²) in [6, 6.07) is 2.48. The third kappa shape index (κ3) is 2.34. The van der Waals surface area contributed by atoms with Gasteiger partial charge >= 0.3 is 0 Å². The lowest BCUT2D eigenvalue weighted by molar-refractivity contribution is 0.336. The van der Waals surface area contributed by atoms with Gasteiger partial charge in [-0.1, -0.05) is 6.92 Å². The lowest BCUT2D eigenvalue weighted by Gasteiger charge is -2.27. The van der Waals surface area contributed by atoms with Gasteiger partial charge in [0.2, 0.25) is 0 Å². The van der Waals surface area contributed by atoms with E-state index in [1.54, 1.807) is 0 Å². The molecule has 92 valence electrons. The molecule has 0 aromatic carbocycles. The average molecular weight is 232 g/mol. The molecular formula is C13H20N4. The molecular weight excluding hydrogens is 212 g/mol. The number of nitriles is 1. The van der Waals surface area contributed by atoms with Crippen molar-refractivity contribution in [2.45, 2.75) is 44.7 Å². The van der Waals surface area contributed by atoms with E-state index in [1.807, 2.05) is 19.4 Å². The van der Waals surface area contributed by atoms with Crippen LogP contribution in [-0.4, -0.2) is 22.1 Å². The van der Waals surface area contributed by atoms with Gasteiger partial charge in [-0.2, -0.15) is 5.26 Å². The van der Waals surface area contributed by atoms with Crippen LogP contribution in [0.2, 0.25) is 0 Å². The van der Waals surface area contributed by atoms with Crippen molar-refractivity contribution in [2.24, 2.45) is 5.92 Å². The fourth-order valence-electron chi connectivity index (χ4n) is 2.38. The Hall–Kier alpha value is -1.34. The molecule has 1 unspecified atom stereocenters. The number of hydrogen-bond acceptors (Lipinski definition) is 3. The van der Waals surface area contributed by atoms with Crippen LogP contribution in [0.3, 0.4) is 0 Å². The Labute approximate surface area is 103 Å². The zero-order valence-electron chi connectivity index (χ0n) is 10.6. The van der Waals surface area contributed by atoms with Crippen molar-refractivity contribution >= 4 is 0 Å². The molecule has 1 heterocycles. The van der Waals surface area contributed by atoms with E-state index in [-0.39, 0.29) is 0 Å². The number of nitrogens with zero attached hydrogens (tertiary/aromatic N) is 3. The van der Waals surface area contributed by atoms with Crippen LogP contribution in [0.25, 0.3) is 0 Å². The van der Waals surface area contributed by atoms with E-state index in [0.717, 1.165) is 31.5 Å². The summed E-state index contributed by atoms with van der Waals surface area (Å²) in [5.41, 5.74) is -0.414. The number of aromatic nitrogens is 2. The second-order valence-corrected chi connectivity index (χ2v) is 4.83. The van der Waals surface area contributed by atoms with Crippen LogP contribution in [0.4, 0.5) is 0 Å². The van der Waals surface area contributed by atoms with Gasteiger partial charge in [0.15, 0.2) is 0 Å². The molecule has 1 atom stereocenters. The minimum absolute atomic E-state index is 0.414. The molecule has 0 spiro atoms. The van der Waals surface area contributed by atoms with Crippen LogP contribution >= 0.6 is 0 Å². The van der Waals surface area contributed by atoms with Gasteiger partial charge in [-0.05, 0) is 32.2 Å². The van der Waals surface area contributed by atoms with Gasteiger partial charge in [-0.25, -0.2) is 4.98 Å². The highest BCUT2D eigenvalue weighted by Crippen LogP contribution is 2.40. The molecule has 0 saturated heterocycles. The highest BCUT2D eigenvalue weighted by Gasteiger charge is 2.45. The zero-order chi connectivity index (χ0) is 12.3. The van der Waals surface area contributed by atoms with E-state index >= 15 is 0 Å². The molecule has 2 rings (SSSR count). The van der Waals surface area contributed by atoms with E-state index < -0.39 is 5.54 Å². The summed E-state index contributed by atoms with van der Waals surface area (Å²) >= 11 is 0. The Morgan fingerprint density at radius 3 is 2.94 bits per heavy atom. The molecule has 1 aromatic heterocycles. The molecule has 4 nitrogen and oxygen atoms in total. The van der Waals surface area contributed by atoms with Crippen molar-refractivity contribution in [1.82, 2.24) is 14.9 Å². The fourth-order valence-corrected chi connectivity index (χ4v) is 2.38. The predicted octanol–water partition coefficient (Wildman–Crippen LogP) is 1.73. The fraction of sp³-hybridized carbons (Fsp3) is 0.692. The van der Waals surface area contributed by atoms with E-state index in [4.69, 9.17) is 0 Å². The maximum absolute atomic E-state index is 9.46. The summed E-state index contributed by atoms with van der Waals surface area (Å²) in [7, 11) is 1.89. The molecule has 1 aliphatic rings. The van der Waals surface area contributed by atoms with Gasteiger partial charge in [0.25, 0.3) is 0 Å². The lowest BCUT2D eigenvalue weighted by atomic mass is 9.95. The topological polar surface area (TPSA) is 53.6 Å². The highest BCUT2D eigenvalue weighted by atomic mass is 15.1. The Bertz CT molecular complexity index is 413. The van der Waals surface area contributed by atoms with Crippen molar-refractivity contribution < 1.29 is 0 Å². The van der Waals surface area contributed by atoms with E-state index in [1.165, 1.54) is 0 Å². The second-order valence-electron chi connectivity index (χ2n) is 4.83. The van der Waals surface area contributed by atoms with Crippen molar-refractivity contribution in [3.8, 4) is 6.07 Å². The third-order valence-electron chi connectivity index (χ3n) is 3.61. The number of rotatable bonds is 6. The van der Waals surface area contributed by atoms with Gasteiger partial charge in [0.05, 0.1) is 12.6 Å². The molecule has 17 heavy (non-hydrogen) atoms. The van der Waals surface area contributed by atoms with E-state index in [2.05, 4.69) is 27.9 Å². The van der Waals surface area contributed by atoms with Crippen LogP contribution < -0.4 is 5.32 Å². The first kappa shape index (κ1) is 12.1. The monoisotopic (exact) mass is 232 g/mol. The average Bonchev–Trinajstić information content (AvgIpc) is 3.11. The van der Waals surface area contributed by atoms with Gasteiger partial charge in [0.1, 0.15) is 11.4 Å². The quantitative estimate of drug-likeness (QED) is 0.812. The Balaban J connectivity index is 2.17. The Morgan fingerprint density at radius 1 is 1.65 bits per heavy atom. The van der Waals surface area contributed by atoms with Crippen molar-refractivity contribution in [3.63, 3.8) is 0 Å².